The minimum Gasteiger partial charge on any atom is -0.334 e. The molecule has 0 aliphatic heterocycles. The van der Waals surface area contributed by atoms with E-state index in [4.69, 9.17) is 18.0 Å². The van der Waals surface area contributed by atoms with E-state index in [9.17, 15) is 0 Å². The second-order valence-electron chi connectivity index (χ2n) is 3.79. The van der Waals surface area contributed by atoms with Crippen LogP contribution < -0.4 is 5.73 Å². The van der Waals surface area contributed by atoms with Crippen LogP contribution >= 0.6 is 12.2 Å². The monoisotopic (exact) mass is 209 g/mol. The molecular formula is C10H15N3S. The van der Waals surface area contributed by atoms with Crippen LogP contribution in [0.3, 0.4) is 0 Å². The van der Waals surface area contributed by atoms with Crippen LogP contribution in [0.25, 0.3) is 0 Å². The Balaban J connectivity index is 2.36. The van der Waals surface area contributed by atoms with Crippen molar-refractivity contribution in [1.82, 2.24) is 9.97 Å². The highest BCUT2D eigenvalue weighted by molar-refractivity contribution is 7.71. The third-order valence-corrected chi connectivity index (χ3v) is 3.05. The fraction of sp³-hybridized carbons (Fsp3) is 0.600. The second-order valence-corrected chi connectivity index (χ2v) is 4.18. The van der Waals surface area contributed by atoms with E-state index in [-0.39, 0.29) is 0 Å². The maximum atomic E-state index is 5.60. The van der Waals surface area contributed by atoms with E-state index >= 15 is 0 Å². The molecule has 0 amide bonds. The van der Waals surface area contributed by atoms with Crippen molar-refractivity contribution in [2.75, 3.05) is 6.54 Å². The van der Waals surface area contributed by atoms with Gasteiger partial charge in [-0.05, 0) is 50.0 Å². The number of nitrogens with one attached hydrogen (secondary N) is 1. The van der Waals surface area contributed by atoms with Gasteiger partial charge >= 0.3 is 0 Å². The Hall–Kier alpha value is -0.740. The van der Waals surface area contributed by atoms with Gasteiger partial charge in [-0.25, -0.2) is 4.98 Å². The number of H-pyrrole nitrogens is 1. The molecule has 1 aromatic rings. The van der Waals surface area contributed by atoms with E-state index in [2.05, 4.69) is 9.97 Å². The van der Waals surface area contributed by atoms with Crippen molar-refractivity contribution in [3.05, 3.63) is 22.2 Å². The van der Waals surface area contributed by atoms with Crippen LogP contribution in [0.15, 0.2) is 6.20 Å². The van der Waals surface area contributed by atoms with E-state index in [0.717, 1.165) is 19.4 Å². The molecule has 1 aliphatic carbocycles. The van der Waals surface area contributed by atoms with Crippen LogP contribution in [0.4, 0.5) is 0 Å². The molecule has 1 unspecified atom stereocenters. The van der Waals surface area contributed by atoms with Gasteiger partial charge in [0.15, 0.2) is 4.77 Å². The molecule has 0 saturated carbocycles. The fourth-order valence-electron chi connectivity index (χ4n) is 2.17. The zero-order chi connectivity index (χ0) is 9.97. The summed E-state index contributed by atoms with van der Waals surface area (Å²) in [6, 6.07) is 0. The predicted molar refractivity (Wildman–Crippen MR) is 58.8 cm³/mol. The number of fused-ring (bicyclic) bond motifs is 1. The van der Waals surface area contributed by atoms with Gasteiger partial charge in [-0.3, -0.25) is 0 Å². The number of aromatic nitrogens is 2. The highest BCUT2D eigenvalue weighted by Crippen LogP contribution is 2.31. The molecule has 4 heteroatoms. The number of nitrogens with two attached hydrogens (primary N) is 1. The number of aromatic amines is 1. The summed E-state index contributed by atoms with van der Waals surface area (Å²) in [5.41, 5.74) is 8.20. The van der Waals surface area contributed by atoms with Crippen LogP contribution in [-0.4, -0.2) is 16.5 Å². The Labute approximate surface area is 88.8 Å². The molecule has 3 nitrogen and oxygen atoms in total. The van der Waals surface area contributed by atoms with E-state index in [1.807, 2.05) is 6.20 Å². The first-order chi connectivity index (χ1) is 6.81. The molecule has 0 aromatic carbocycles. The second kappa shape index (κ2) is 4.19. The summed E-state index contributed by atoms with van der Waals surface area (Å²) in [5, 5.41) is 0. The molecule has 0 radical (unpaired) electrons. The Morgan fingerprint density at radius 1 is 1.64 bits per heavy atom. The quantitative estimate of drug-likeness (QED) is 0.731. The van der Waals surface area contributed by atoms with Crippen molar-refractivity contribution in [1.29, 1.82) is 0 Å². The highest BCUT2D eigenvalue weighted by atomic mass is 32.1. The van der Waals surface area contributed by atoms with Crippen molar-refractivity contribution >= 4 is 12.2 Å². The first-order valence-corrected chi connectivity index (χ1v) is 5.50. The van der Waals surface area contributed by atoms with Gasteiger partial charge < -0.3 is 10.7 Å². The van der Waals surface area contributed by atoms with E-state index in [1.54, 1.807) is 0 Å². The molecule has 1 aromatic heterocycles. The maximum absolute atomic E-state index is 5.60. The highest BCUT2D eigenvalue weighted by Gasteiger charge is 2.20. The van der Waals surface area contributed by atoms with Crippen molar-refractivity contribution in [3.8, 4) is 0 Å². The van der Waals surface area contributed by atoms with Gasteiger partial charge in [0, 0.05) is 17.8 Å². The van der Waals surface area contributed by atoms with Crippen LogP contribution in [0.1, 0.15) is 36.4 Å². The van der Waals surface area contributed by atoms with E-state index in [0.29, 0.717) is 10.7 Å². The van der Waals surface area contributed by atoms with Gasteiger partial charge in [0.05, 0.1) is 0 Å². The number of aryl methyl sites for hydroxylation is 1. The summed E-state index contributed by atoms with van der Waals surface area (Å²) in [6.07, 6.45) is 6.54. The topological polar surface area (TPSA) is 54.7 Å². The summed E-state index contributed by atoms with van der Waals surface area (Å²) in [7, 11) is 0. The fourth-order valence-corrected chi connectivity index (χ4v) is 2.33. The number of hydrogen-bond acceptors (Lipinski definition) is 3. The summed E-state index contributed by atoms with van der Waals surface area (Å²) < 4.78 is 0.590. The lowest BCUT2D eigenvalue weighted by Gasteiger charge is -2.24. The molecule has 1 aliphatic rings. The van der Waals surface area contributed by atoms with E-state index < -0.39 is 0 Å². The van der Waals surface area contributed by atoms with Crippen LogP contribution in [0, 0.1) is 4.77 Å². The zero-order valence-corrected chi connectivity index (χ0v) is 8.94. The molecule has 0 bridgehead atoms. The van der Waals surface area contributed by atoms with Crippen LogP contribution in [0.2, 0.25) is 0 Å². The molecule has 3 N–H and O–H groups in total. The van der Waals surface area contributed by atoms with Gasteiger partial charge in [-0.2, -0.15) is 0 Å². The van der Waals surface area contributed by atoms with Gasteiger partial charge in [-0.1, -0.05) is 0 Å². The lowest BCUT2D eigenvalue weighted by molar-refractivity contribution is 0.509. The Bertz CT molecular complexity index is 372. The predicted octanol–water partition coefficient (Wildman–Crippen LogP) is 1.91. The third kappa shape index (κ3) is 1.86. The summed E-state index contributed by atoms with van der Waals surface area (Å²) in [4.78, 5) is 7.33. The van der Waals surface area contributed by atoms with Crippen LogP contribution in [-0.2, 0) is 6.42 Å². The molecule has 1 atom stereocenters. The Morgan fingerprint density at radius 2 is 2.50 bits per heavy atom. The van der Waals surface area contributed by atoms with Crippen molar-refractivity contribution in [3.63, 3.8) is 0 Å². The average molecular weight is 209 g/mol. The smallest absolute Gasteiger partial charge is 0.196 e. The molecule has 0 saturated heterocycles. The van der Waals surface area contributed by atoms with Crippen molar-refractivity contribution in [2.45, 2.75) is 31.6 Å². The Morgan fingerprint density at radius 3 is 3.29 bits per heavy atom. The first-order valence-electron chi connectivity index (χ1n) is 5.09. The minimum absolute atomic E-state index is 0.563. The molecular weight excluding hydrogens is 194 g/mol. The van der Waals surface area contributed by atoms with Gasteiger partial charge in [0.1, 0.15) is 0 Å². The summed E-state index contributed by atoms with van der Waals surface area (Å²) in [5.74, 6) is 0.563. The average Bonchev–Trinajstić information content (AvgIpc) is 2.19. The SMILES string of the molecule is NCCC1CCCc2cnc(=S)[nH]c21. The number of nitrogens with zero attached hydrogens (tertiary/aromatic N) is 1. The minimum atomic E-state index is 0.563. The molecule has 76 valence electrons. The standard InChI is InChI=1S/C10H15N3S/c11-5-4-7-2-1-3-8-6-12-10(14)13-9(7)8/h6-7H,1-5,11H2,(H,12,13,14). The van der Waals surface area contributed by atoms with Crippen molar-refractivity contribution < 1.29 is 0 Å². The third-order valence-electron chi connectivity index (χ3n) is 2.85. The van der Waals surface area contributed by atoms with Gasteiger partial charge in [-0.15, -0.1) is 0 Å². The van der Waals surface area contributed by atoms with Gasteiger partial charge in [0.25, 0.3) is 0 Å². The molecule has 1 heterocycles. The Kier molecular flexibility index (Phi) is 2.93. The molecule has 14 heavy (non-hydrogen) atoms. The number of hydrogen-bond donors (Lipinski definition) is 2. The van der Waals surface area contributed by atoms with Crippen molar-refractivity contribution in [2.24, 2.45) is 5.73 Å². The maximum Gasteiger partial charge on any atom is 0.196 e. The molecule has 0 fully saturated rings. The summed E-state index contributed by atoms with van der Waals surface area (Å²) >= 11 is 5.04. The zero-order valence-electron chi connectivity index (χ0n) is 8.12. The lowest BCUT2D eigenvalue weighted by Crippen LogP contribution is -2.16. The molecule has 0 spiro atoms. The number of rotatable bonds is 2. The van der Waals surface area contributed by atoms with E-state index in [1.165, 1.54) is 24.1 Å². The largest absolute Gasteiger partial charge is 0.334 e. The normalized spacial score (nSPS) is 20.5. The van der Waals surface area contributed by atoms with Crippen LogP contribution in [0.5, 0.6) is 0 Å². The lowest BCUT2D eigenvalue weighted by atomic mass is 9.85. The first kappa shape index (κ1) is 9.80. The molecule has 2 rings (SSSR count). The summed E-state index contributed by atoms with van der Waals surface area (Å²) in [6.45, 7) is 0.743. The van der Waals surface area contributed by atoms with Gasteiger partial charge in [0.2, 0.25) is 0 Å².